The molecule has 1 atom stereocenters. The molecule has 1 unspecified atom stereocenters. The van der Waals surface area contributed by atoms with Crippen molar-refractivity contribution in [2.24, 2.45) is 4.99 Å². The molecule has 2 aromatic rings. The Hall–Kier alpha value is -2.34. The summed E-state index contributed by atoms with van der Waals surface area (Å²) in [6.07, 6.45) is 3.70. The van der Waals surface area contributed by atoms with Crippen molar-refractivity contribution in [1.82, 2.24) is 14.9 Å². The normalized spacial score (nSPS) is 18.8. The quantitative estimate of drug-likeness (QED) is 0.917. The molecular weight excluding hydrogens is 312 g/mol. The van der Waals surface area contributed by atoms with Gasteiger partial charge in [0.15, 0.2) is 0 Å². The van der Waals surface area contributed by atoms with E-state index < -0.39 is 0 Å². The lowest BCUT2D eigenvalue weighted by atomic mass is 10.1. The van der Waals surface area contributed by atoms with E-state index in [1.165, 1.54) is 0 Å². The third-order valence-corrected chi connectivity index (χ3v) is 4.31. The van der Waals surface area contributed by atoms with Crippen molar-refractivity contribution in [3.05, 3.63) is 46.7 Å². The molecule has 1 N–H and O–H groups in total. The molecule has 0 amide bonds. The highest BCUT2D eigenvalue weighted by Crippen LogP contribution is 2.36. The summed E-state index contributed by atoms with van der Waals surface area (Å²) in [6.45, 7) is 1.68. The predicted molar refractivity (Wildman–Crippen MR) is 92.3 cm³/mol. The van der Waals surface area contributed by atoms with Crippen LogP contribution in [0.15, 0.2) is 35.6 Å². The van der Waals surface area contributed by atoms with E-state index in [-0.39, 0.29) is 6.17 Å². The van der Waals surface area contributed by atoms with Gasteiger partial charge in [-0.25, -0.2) is 9.97 Å². The average molecular weight is 329 g/mol. The number of benzene rings is 1. The summed E-state index contributed by atoms with van der Waals surface area (Å²) >= 11 is 6.15. The number of amidine groups is 1. The number of hydrogen-bond acceptors (Lipinski definition) is 6. The number of nitrogens with zero attached hydrogens (tertiary/aromatic N) is 5. The molecule has 4 rings (SSSR count). The molecule has 1 aromatic carbocycles. The molecule has 6 nitrogen and oxygen atoms in total. The summed E-state index contributed by atoms with van der Waals surface area (Å²) in [5.74, 6) is 1.71. The zero-order valence-corrected chi connectivity index (χ0v) is 13.7. The average Bonchev–Trinajstić information content (AvgIpc) is 3.03. The Bertz CT molecular complexity index is 771. The third-order valence-electron chi connectivity index (χ3n) is 4.07. The van der Waals surface area contributed by atoms with E-state index in [9.17, 15) is 0 Å². The standard InChI is InChI=1S/C16H17ClN6/c1-22(2)16-19-8-10(9-20-16)14-21-13-7-11(17)3-4-12(13)15-18-5-6-23(14)15/h3-4,7-9,14,21H,5-6H2,1-2H3. The summed E-state index contributed by atoms with van der Waals surface area (Å²) in [7, 11) is 3.86. The zero-order chi connectivity index (χ0) is 16.0. The lowest BCUT2D eigenvalue weighted by Gasteiger charge is -2.37. The maximum atomic E-state index is 6.15. The monoisotopic (exact) mass is 328 g/mol. The highest BCUT2D eigenvalue weighted by Gasteiger charge is 2.34. The summed E-state index contributed by atoms with van der Waals surface area (Å²) in [4.78, 5) is 17.6. The minimum Gasteiger partial charge on any atom is -0.361 e. The van der Waals surface area contributed by atoms with Crippen LogP contribution in [0.25, 0.3) is 0 Å². The van der Waals surface area contributed by atoms with E-state index in [0.717, 1.165) is 35.7 Å². The van der Waals surface area contributed by atoms with Gasteiger partial charge in [-0.1, -0.05) is 11.6 Å². The fourth-order valence-electron chi connectivity index (χ4n) is 2.97. The molecule has 0 fully saturated rings. The van der Waals surface area contributed by atoms with Gasteiger partial charge < -0.3 is 15.1 Å². The van der Waals surface area contributed by atoms with Crippen LogP contribution in [-0.2, 0) is 0 Å². The Balaban J connectivity index is 1.74. The van der Waals surface area contributed by atoms with Gasteiger partial charge in [-0.15, -0.1) is 0 Å². The minimum absolute atomic E-state index is 0.0292. The van der Waals surface area contributed by atoms with Gasteiger partial charge in [-0.05, 0) is 18.2 Å². The molecule has 0 aliphatic carbocycles. The Labute approximate surface area is 139 Å². The van der Waals surface area contributed by atoms with E-state index in [4.69, 9.17) is 11.6 Å². The largest absolute Gasteiger partial charge is 0.361 e. The molecule has 0 spiro atoms. The van der Waals surface area contributed by atoms with E-state index in [1.807, 2.05) is 49.6 Å². The Morgan fingerprint density at radius 1 is 1.26 bits per heavy atom. The lowest BCUT2D eigenvalue weighted by Crippen LogP contribution is -2.41. The van der Waals surface area contributed by atoms with Crippen LogP contribution in [0.4, 0.5) is 11.6 Å². The molecule has 23 heavy (non-hydrogen) atoms. The molecule has 0 radical (unpaired) electrons. The van der Waals surface area contributed by atoms with E-state index in [0.29, 0.717) is 11.0 Å². The van der Waals surface area contributed by atoms with Gasteiger partial charge in [-0.2, -0.15) is 0 Å². The van der Waals surface area contributed by atoms with Crippen LogP contribution in [0, 0.1) is 0 Å². The van der Waals surface area contributed by atoms with Crippen LogP contribution in [0.1, 0.15) is 17.3 Å². The number of anilines is 2. The van der Waals surface area contributed by atoms with Crippen molar-refractivity contribution in [2.75, 3.05) is 37.4 Å². The number of hydrogen-bond donors (Lipinski definition) is 1. The second kappa shape index (κ2) is 5.38. The third kappa shape index (κ3) is 2.39. The van der Waals surface area contributed by atoms with Crippen LogP contribution in [0.3, 0.4) is 0 Å². The van der Waals surface area contributed by atoms with Gasteiger partial charge >= 0.3 is 0 Å². The Morgan fingerprint density at radius 2 is 2.04 bits per heavy atom. The first kappa shape index (κ1) is 14.3. The van der Waals surface area contributed by atoms with Gasteiger partial charge in [0.25, 0.3) is 0 Å². The van der Waals surface area contributed by atoms with E-state index >= 15 is 0 Å². The first-order chi connectivity index (χ1) is 11.1. The maximum Gasteiger partial charge on any atom is 0.224 e. The maximum absolute atomic E-state index is 6.15. The number of fused-ring (bicyclic) bond motifs is 3. The van der Waals surface area contributed by atoms with Crippen LogP contribution in [0.2, 0.25) is 5.02 Å². The van der Waals surface area contributed by atoms with E-state index in [2.05, 4.69) is 25.2 Å². The molecule has 0 saturated heterocycles. The van der Waals surface area contributed by atoms with Crippen LogP contribution in [0.5, 0.6) is 0 Å². The van der Waals surface area contributed by atoms with Crippen molar-refractivity contribution < 1.29 is 0 Å². The molecular formula is C16H17ClN6. The Morgan fingerprint density at radius 3 is 2.78 bits per heavy atom. The summed E-state index contributed by atoms with van der Waals surface area (Å²) < 4.78 is 0. The SMILES string of the molecule is CN(C)c1ncc(C2Nc3cc(Cl)ccc3C3=NCCN32)cn1. The number of aromatic nitrogens is 2. The number of aliphatic imine (C=N–C) groups is 1. The molecule has 2 aliphatic heterocycles. The fourth-order valence-corrected chi connectivity index (χ4v) is 3.15. The minimum atomic E-state index is -0.0292. The molecule has 7 heteroatoms. The van der Waals surface area contributed by atoms with Crippen molar-refractivity contribution in [3.63, 3.8) is 0 Å². The first-order valence-corrected chi connectivity index (χ1v) is 7.88. The van der Waals surface area contributed by atoms with Crippen molar-refractivity contribution >= 4 is 29.1 Å². The Kier molecular flexibility index (Phi) is 3.34. The topological polar surface area (TPSA) is 56.7 Å². The summed E-state index contributed by atoms with van der Waals surface area (Å²) in [6, 6.07) is 5.86. The van der Waals surface area contributed by atoms with Gasteiger partial charge in [0.05, 0.1) is 6.54 Å². The first-order valence-electron chi connectivity index (χ1n) is 7.50. The molecule has 2 aliphatic rings. The second-order valence-corrected chi connectivity index (χ2v) is 6.28. The van der Waals surface area contributed by atoms with Crippen LogP contribution < -0.4 is 10.2 Å². The van der Waals surface area contributed by atoms with Crippen LogP contribution >= 0.6 is 11.6 Å². The van der Waals surface area contributed by atoms with Crippen molar-refractivity contribution in [1.29, 1.82) is 0 Å². The lowest BCUT2D eigenvalue weighted by molar-refractivity contribution is 0.369. The highest BCUT2D eigenvalue weighted by molar-refractivity contribution is 6.31. The number of rotatable bonds is 2. The number of halogens is 1. The van der Waals surface area contributed by atoms with Crippen molar-refractivity contribution in [3.8, 4) is 0 Å². The predicted octanol–water partition coefficient (Wildman–Crippen LogP) is 2.38. The molecule has 1 aromatic heterocycles. The zero-order valence-electron chi connectivity index (χ0n) is 13.0. The summed E-state index contributed by atoms with van der Waals surface area (Å²) in [5, 5.41) is 4.25. The van der Waals surface area contributed by atoms with Crippen molar-refractivity contribution in [2.45, 2.75) is 6.17 Å². The van der Waals surface area contributed by atoms with Gasteiger partial charge in [0.1, 0.15) is 12.0 Å². The smallest absolute Gasteiger partial charge is 0.224 e. The molecule has 0 bridgehead atoms. The van der Waals surface area contributed by atoms with E-state index in [1.54, 1.807) is 0 Å². The van der Waals surface area contributed by atoms with Gasteiger partial charge in [-0.3, -0.25) is 4.99 Å². The molecule has 118 valence electrons. The summed E-state index contributed by atoms with van der Waals surface area (Å²) in [5.41, 5.74) is 3.10. The van der Waals surface area contributed by atoms with Gasteiger partial charge in [0.2, 0.25) is 5.95 Å². The highest BCUT2D eigenvalue weighted by atomic mass is 35.5. The molecule has 0 saturated carbocycles. The van der Waals surface area contributed by atoms with Gasteiger partial charge in [0, 0.05) is 54.9 Å². The van der Waals surface area contributed by atoms with Crippen LogP contribution in [-0.4, -0.2) is 47.9 Å². The molecule has 3 heterocycles. The number of nitrogens with one attached hydrogen (secondary N) is 1. The second-order valence-electron chi connectivity index (χ2n) is 5.85. The fraction of sp³-hybridized carbons (Fsp3) is 0.312.